The van der Waals surface area contributed by atoms with Crippen LogP contribution in [0.1, 0.15) is 5.56 Å². The first-order valence-electron chi connectivity index (χ1n) is 6.94. The van der Waals surface area contributed by atoms with E-state index in [-0.39, 0.29) is 32.2 Å². The van der Waals surface area contributed by atoms with Crippen LogP contribution in [0.15, 0.2) is 53.9 Å². The Hall–Kier alpha value is -1.41. The molecule has 140 valence electrons. The second kappa shape index (κ2) is 7.68. The fraction of sp³-hybridized carbons (Fsp3) is 0.125. The number of hydrogen-bond donors (Lipinski definition) is 0. The molecule has 0 aliphatic rings. The Morgan fingerprint density at radius 2 is 1.65 bits per heavy atom. The molecule has 3 nitrogen and oxygen atoms in total. The van der Waals surface area contributed by atoms with Gasteiger partial charge in [-0.15, -0.1) is 6.58 Å². The maximum Gasteiger partial charge on any atom is 0.416 e. The molecule has 0 spiro atoms. The molecule has 2 aromatic carbocycles. The second-order valence-electron chi connectivity index (χ2n) is 5.06. The first kappa shape index (κ1) is 20.9. The van der Waals surface area contributed by atoms with Crippen LogP contribution in [0, 0.1) is 0 Å². The quantitative estimate of drug-likeness (QED) is 0.527. The van der Waals surface area contributed by atoms with Gasteiger partial charge in [0.25, 0.3) is 10.0 Å². The molecule has 0 unspecified atom stereocenters. The molecule has 0 N–H and O–H groups in total. The lowest BCUT2D eigenvalue weighted by molar-refractivity contribution is -0.137. The summed E-state index contributed by atoms with van der Waals surface area (Å²) in [6.45, 7) is 3.12. The monoisotopic (exact) mass is 443 g/mol. The zero-order chi connectivity index (χ0) is 19.7. The Kier molecular flexibility index (Phi) is 6.17. The maximum absolute atomic E-state index is 13.0. The van der Waals surface area contributed by atoms with Crippen LogP contribution in [0.3, 0.4) is 0 Å². The standard InChI is InChI=1S/C16H11Cl3F3NO2S/c1-2-7-23(14-8-10(16(20,21)22)3-5-12(14)18)26(24,25)15-9-11(17)4-6-13(15)19/h2-6,8-9H,1,7H2. The highest BCUT2D eigenvalue weighted by Crippen LogP contribution is 2.38. The van der Waals surface area contributed by atoms with E-state index in [0.29, 0.717) is 10.4 Å². The van der Waals surface area contributed by atoms with Crippen molar-refractivity contribution in [1.29, 1.82) is 0 Å². The molecule has 0 amide bonds. The summed E-state index contributed by atoms with van der Waals surface area (Å²) in [5.41, 5.74) is -1.39. The van der Waals surface area contributed by atoms with E-state index in [1.165, 1.54) is 18.2 Å². The molecular weight excluding hydrogens is 434 g/mol. The number of hydrogen-bond acceptors (Lipinski definition) is 2. The SMILES string of the molecule is C=CCN(c1cc(C(F)(F)F)ccc1Cl)S(=O)(=O)c1cc(Cl)ccc1Cl. The van der Waals surface area contributed by atoms with E-state index in [1.807, 2.05) is 0 Å². The van der Waals surface area contributed by atoms with Gasteiger partial charge in [0.1, 0.15) is 4.90 Å². The van der Waals surface area contributed by atoms with Crippen molar-refractivity contribution >= 4 is 50.5 Å². The van der Waals surface area contributed by atoms with Crippen molar-refractivity contribution in [3.8, 4) is 0 Å². The minimum absolute atomic E-state index is 0.0988. The van der Waals surface area contributed by atoms with Crippen molar-refractivity contribution < 1.29 is 21.6 Å². The molecule has 0 heterocycles. The number of alkyl halides is 3. The van der Waals surface area contributed by atoms with Crippen LogP contribution in [-0.4, -0.2) is 15.0 Å². The van der Waals surface area contributed by atoms with Crippen molar-refractivity contribution in [2.45, 2.75) is 11.1 Å². The Morgan fingerprint density at radius 1 is 1.04 bits per heavy atom. The molecule has 0 saturated carbocycles. The number of rotatable bonds is 5. The van der Waals surface area contributed by atoms with Gasteiger partial charge in [-0.25, -0.2) is 8.42 Å². The van der Waals surface area contributed by atoms with Gasteiger partial charge in [0.05, 0.1) is 27.8 Å². The van der Waals surface area contributed by atoms with Crippen molar-refractivity contribution in [2.75, 3.05) is 10.8 Å². The van der Waals surface area contributed by atoms with E-state index in [0.717, 1.165) is 18.2 Å². The molecule has 10 heteroatoms. The van der Waals surface area contributed by atoms with Gasteiger partial charge in [-0.2, -0.15) is 13.2 Å². The van der Waals surface area contributed by atoms with Crippen LogP contribution in [0.25, 0.3) is 0 Å². The fourth-order valence-electron chi connectivity index (χ4n) is 2.12. The van der Waals surface area contributed by atoms with E-state index in [1.54, 1.807) is 0 Å². The fourth-order valence-corrected chi connectivity index (χ4v) is 4.57. The summed E-state index contributed by atoms with van der Waals surface area (Å²) in [4.78, 5) is -0.359. The second-order valence-corrected chi connectivity index (χ2v) is 8.15. The Labute approximate surface area is 163 Å². The number of sulfonamides is 1. The molecular formula is C16H11Cl3F3NO2S. The average Bonchev–Trinajstić information content (AvgIpc) is 2.54. The van der Waals surface area contributed by atoms with Gasteiger partial charge < -0.3 is 0 Å². The molecule has 0 aliphatic carbocycles. The van der Waals surface area contributed by atoms with Gasteiger partial charge >= 0.3 is 6.18 Å². The van der Waals surface area contributed by atoms with E-state index < -0.39 is 21.8 Å². The van der Waals surface area contributed by atoms with E-state index >= 15 is 0 Å². The van der Waals surface area contributed by atoms with Crippen molar-refractivity contribution in [3.05, 3.63) is 69.7 Å². The summed E-state index contributed by atoms with van der Waals surface area (Å²) >= 11 is 17.8. The Morgan fingerprint density at radius 3 is 2.23 bits per heavy atom. The zero-order valence-electron chi connectivity index (χ0n) is 12.9. The van der Waals surface area contributed by atoms with Crippen LogP contribution in [0.5, 0.6) is 0 Å². The zero-order valence-corrected chi connectivity index (χ0v) is 16.0. The minimum Gasteiger partial charge on any atom is -0.261 e. The van der Waals surface area contributed by atoms with Gasteiger partial charge in [0.15, 0.2) is 0 Å². The molecule has 0 aliphatic heterocycles. The van der Waals surface area contributed by atoms with Gasteiger partial charge in [0, 0.05) is 5.02 Å². The number of anilines is 1. The molecule has 0 atom stereocenters. The maximum atomic E-state index is 13.0. The largest absolute Gasteiger partial charge is 0.416 e. The van der Waals surface area contributed by atoms with Crippen LogP contribution in [0.4, 0.5) is 18.9 Å². The number of halogens is 6. The summed E-state index contributed by atoms with van der Waals surface area (Å²) in [7, 11) is -4.36. The van der Waals surface area contributed by atoms with E-state index in [4.69, 9.17) is 34.8 Å². The highest BCUT2D eigenvalue weighted by atomic mass is 35.5. The average molecular weight is 445 g/mol. The molecule has 26 heavy (non-hydrogen) atoms. The summed E-state index contributed by atoms with van der Waals surface area (Å²) < 4.78 is 65.7. The van der Waals surface area contributed by atoms with Crippen LogP contribution < -0.4 is 4.31 Å². The molecule has 0 aromatic heterocycles. The van der Waals surface area contributed by atoms with Crippen LogP contribution in [0.2, 0.25) is 15.1 Å². The first-order valence-corrected chi connectivity index (χ1v) is 9.51. The third kappa shape index (κ3) is 4.28. The molecule has 0 fully saturated rings. The third-order valence-corrected chi connectivity index (χ3v) is 6.11. The third-order valence-electron chi connectivity index (χ3n) is 3.30. The predicted molar refractivity (Wildman–Crippen MR) is 97.6 cm³/mol. The summed E-state index contributed by atoms with van der Waals surface area (Å²) in [5.74, 6) is 0. The molecule has 0 saturated heterocycles. The lowest BCUT2D eigenvalue weighted by atomic mass is 10.2. The first-order chi connectivity index (χ1) is 12.0. The Bertz CT molecular complexity index is 946. The Balaban J connectivity index is 2.70. The van der Waals surface area contributed by atoms with Gasteiger partial charge in [-0.1, -0.05) is 40.9 Å². The van der Waals surface area contributed by atoms with Crippen molar-refractivity contribution in [3.63, 3.8) is 0 Å². The number of benzene rings is 2. The smallest absolute Gasteiger partial charge is 0.261 e. The van der Waals surface area contributed by atoms with E-state index in [9.17, 15) is 21.6 Å². The lowest BCUT2D eigenvalue weighted by Crippen LogP contribution is -2.32. The highest BCUT2D eigenvalue weighted by molar-refractivity contribution is 7.93. The molecule has 2 aromatic rings. The van der Waals surface area contributed by atoms with Crippen molar-refractivity contribution in [2.24, 2.45) is 0 Å². The summed E-state index contributed by atoms with van der Waals surface area (Å²) in [6.07, 6.45) is -3.46. The van der Waals surface area contributed by atoms with Crippen molar-refractivity contribution in [1.82, 2.24) is 0 Å². The van der Waals surface area contributed by atoms with Gasteiger partial charge in [-0.05, 0) is 36.4 Å². The molecule has 2 rings (SSSR count). The predicted octanol–water partition coefficient (Wildman–Crippen LogP) is 6.05. The summed E-state index contributed by atoms with van der Waals surface area (Å²) in [6, 6.07) is 6.16. The lowest BCUT2D eigenvalue weighted by Gasteiger charge is -2.25. The molecule has 0 bridgehead atoms. The summed E-state index contributed by atoms with van der Waals surface area (Å²) in [5, 5.41) is -0.213. The van der Waals surface area contributed by atoms with Crippen LogP contribution >= 0.6 is 34.8 Å². The van der Waals surface area contributed by atoms with Crippen LogP contribution in [-0.2, 0) is 16.2 Å². The van der Waals surface area contributed by atoms with E-state index in [2.05, 4.69) is 6.58 Å². The van der Waals surface area contributed by atoms with Gasteiger partial charge in [-0.3, -0.25) is 4.31 Å². The minimum atomic E-state index is -4.67. The topological polar surface area (TPSA) is 37.4 Å². The normalized spacial score (nSPS) is 12.1. The highest BCUT2D eigenvalue weighted by Gasteiger charge is 2.34. The molecule has 0 radical (unpaired) electrons. The van der Waals surface area contributed by atoms with Gasteiger partial charge in [0.2, 0.25) is 0 Å². The number of nitrogens with zero attached hydrogens (tertiary/aromatic N) is 1.